The second-order valence-corrected chi connectivity index (χ2v) is 5.35. The van der Waals surface area contributed by atoms with Crippen molar-refractivity contribution in [1.82, 2.24) is 9.97 Å². The highest BCUT2D eigenvalue weighted by Crippen LogP contribution is 2.41. The molecule has 2 fully saturated rings. The topological polar surface area (TPSA) is 29.0 Å². The molecule has 2 heterocycles. The molecule has 0 amide bonds. The van der Waals surface area contributed by atoms with Crippen LogP contribution in [0.1, 0.15) is 30.7 Å². The highest BCUT2D eigenvalue weighted by atomic mass is 35.5. The Morgan fingerprint density at radius 3 is 2.56 bits per heavy atom. The minimum Gasteiger partial charge on any atom is -0.351 e. The van der Waals surface area contributed by atoms with Crippen molar-refractivity contribution in [1.29, 1.82) is 0 Å². The Kier molecular flexibility index (Phi) is 2.32. The second-order valence-electron chi connectivity index (χ2n) is 4.99. The van der Waals surface area contributed by atoms with E-state index in [1.807, 2.05) is 13.8 Å². The molecule has 0 aromatic carbocycles. The maximum absolute atomic E-state index is 6.20. The van der Waals surface area contributed by atoms with Crippen LogP contribution in [0.3, 0.4) is 0 Å². The standard InChI is InChI=1S/C12H16ClN3/c1-7-8(2)15-12(11(13)14-7)16-6-9-3-4-10(16)5-9/h9-10H,3-6H2,1-2H3. The van der Waals surface area contributed by atoms with E-state index in [0.29, 0.717) is 11.2 Å². The average Bonchev–Trinajstić information content (AvgIpc) is 2.84. The van der Waals surface area contributed by atoms with Crippen molar-refractivity contribution in [3.05, 3.63) is 16.5 Å². The van der Waals surface area contributed by atoms with Gasteiger partial charge in [-0.05, 0) is 39.0 Å². The van der Waals surface area contributed by atoms with Crippen LogP contribution in [0.2, 0.25) is 5.15 Å². The average molecular weight is 238 g/mol. The van der Waals surface area contributed by atoms with Crippen LogP contribution in [-0.4, -0.2) is 22.6 Å². The normalized spacial score (nSPS) is 27.8. The van der Waals surface area contributed by atoms with Gasteiger partial charge in [0.05, 0.1) is 11.4 Å². The quantitative estimate of drug-likeness (QED) is 0.752. The molecule has 1 saturated carbocycles. The van der Waals surface area contributed by atoms with E-state index in [-0.39, 0.29) is 0 Å². The van der Waals surface area contributed by atoms with Gasteiger partial charge in [-0.1, -0.05) is 11.6 Å². The molecule has 2 bridgehead atoms. The molecule has 0 spiro atoms. The predicted molar refractivity (Wildman–Crippen MR) is 65.0 cm³/mol. The molecule has 0 radical (unpaired) electrons. The molecule has 3 rings (SSSR count). The minimum atomic E-state index is 0.565. The van der Waals surface area contributed by atoms with Crippen LogP contribution < -0.4 is 4.90 Å². The van der Waals surface area contributed by atoms with Gasteiger partial charge >= 0.3 is 0 Å². The fourth-order valence-electron chi connectivity index (χ4n) is 2.93. The monoisotopic (exact) mass is 237 g/mol. The lowest BCUT2D eigenvalue weighted by Crippen LogP contribution is -2.33. The first-order valence-corrected chi connectivity index (χ1v) is 6.30. The Bertz CT molecular complexity index is 433. The van der Waals surface area contributed by atoms with E-state index in [4.69, 9.17) is 11.6 Å². The summed E-state index contributed by atoms with van der Waals surface area (Å²) in [6, 6.07) is 0.652. The van der Waals surface area contributed by atoms with Gasteiger partial charge < -0.3 is 4.90 Å². The van der Waals surface area contributed by atoms with Gasteiger partial charge in [-0.2, -0.15) is 0 Å². The number of hydrogen-bond donors (Lipinski definition) is 0. The van der Waals surface area contributed by atoms with Gasteiger partial charge in [-0.15, -0.1) is 0 Å². The van der Waals surface area contributed by atoms with Crippen molar-refractivity contribution in [2.24, 2.45) is 5.92 Å². The summed E-state index contributed by atoms with van der Waals surface area (Å²) in [5, 5.41) is 0.565. The largest absolute Gasteiger partial charge is 0.351 e. The maximum Gasteiger partial charge on any atom is 0.171 e. The molecule has 2 unspecified atom stereocenters. The van der Waals surface area contributed by atoms with Crippen LogP contribution in [0.15, 0.2) is 0 Å². The lowest BCUT2D eigenvalue weighted by Gasteiger charge is -2.28. The first kappa shape index (κ1) is 10.3. The number of rotatable bonds is 1. The van der Waals surface area contributed by atoms with Gasteiger partial charge in [-0.25, -0.2) is 9.97 Å². The molecule has 1 aliphatic carbocycles. The summed E-state index contributed by atoms with van der Waals surface area (Å²) < 4.78 is 0. The zero-order valence-electron chi connectivity index (χ0n) is 9.70. The molecule has 2 atom stereocenters. The Morgan fingerprint density at radius 1 is 1.19 bits per heavy atom. The summed E-state index contributed by atoms with van der Waals surface area (Å²) >= 11 is 6.20. The molecule has 86 valence electrons. The summed E-state index contributed by atoms with van der Waals surface area (Å²) in [6.07, 6.45) is 3.97. The number of fused-ring (bicyclic) bond motifs is 2. The summed E-state index contributed by atoms with van der Waals surface area (Å²) in [5.41, 5.74) is 1.92. The van der Waals surface area contributed by atoms with Crippen LogP contribution in [0.4, 0.5) is 5.82 Å². The highest BCUT2D eigenvalue weighted by molar-refractivity contribution is 6.31. The van der Waals surface area contributed by atoms with Crippen molar-refractivity contribution < 1.29 is 0 Å². The van der Waals surface area contributed by atoms with Crippen molar-refractivity contribution in [3.8, 4) is 0 Å². The molecule has 1 aromatic heterocycles. The third kappa shape index (κ3) is 1.49. The van der Waals surface area contributed by atoms with Crippen LogP contribution in [0.25, 0.3) is 0 Å². The van der Waals surface area contributed by atoms with Crippen molar-refractivity contribution >= 4 is 17.4 Å². The Labute approximate surface area is 101 Å². The van der Waals surface area contributed by atoms with Gasteiger partial charge in [0.15, 0.2) is 11.0 Å². The first-order valence-electron chi connectivity index (χ1n) is 5.92. The van der Waals surface area contributed by atoms with Crippen LogP contribution in [0.5, 0.6) is 0 Å². The summed E-state index contributed by atoms with van der Waals surface area (Å²) in [4.78, 5) is 11.3. The molecule has 2 aliphatic rings. The van der Waals surface area contributed by atoms with Gasteiger partial charge in [0.25, 0.3) is 0 Å². The lowest BCUT2D eigenvalue weighted by molar-refractivity contribution is 0.549. The predicted octanol–water partition coefficient (Wildman–Crippen LogP) is 2.74. The van der Waals surface area contributed by atoms with Gasteiger partial charge in [0.1, 0.15) is 0 Å². The summed E-state index contributed by atoms with van der Waals surface area (Å²) in [7, 11) is 0. The lowest BCUT2D eigenvalue weighted by atomic mass is 10.1. The molecule has 1 aliphatic heterocycles. The molecular formula is C12H16ClN3. The van der Waals surface area contributed by atoms with Crippen molar-refractivity contribution in [3.63, 3.8) is 0 Å². The minimum absolute atomic E-state index is 0.565. The van der Waals surface area contributed by atoms with E-state index in [1.165, 1.54) is 19.3 Å². The smallest absolute Gasteiger partial charge is 0.171 e. The molecule has 1 saturated heterocycles. The molecule has 4 heteroatoms. The van der Waals surface area contributed by atoms with E-state index in [9.17, 15) is 0 Å². The zero-order valence-corrected chi connectivity index (χ0v) is 10.5. The van der Waals surface area contributed by atoms with Gasteiger partial charge in [-0.3, -0.25) is 0 Å². The van der Waals surface area contributed by atoms with Gasteiger partial charge in [0, 0.05) is 12.6 Å². The van der Waals surface area contributed by atoms with Crippen molar-refractivity contribution in [2.45, 2.75) is 39.2 Å². The molecular weight excluding hydrogens is 222 g/mol. The first-order chi connectivity index (χ1) is 7.65. The molecule has 16 heavy (non-hydrogen) atoms. The number of anilines is 1. The van der Waals surface area contributed by atoms with E-state index in [2.05, 4.69) is 14.9 Å². The number of piperidine rings is 1. The Hall–Kier alpha value is -0.830. The number of hydrogen-bond acceptors (Lipinski definition) is 3. The maximum atomic E-state index is 6.20. The summed E-state index contributed by atoms with van der Waals surface area (Å²) in [6.45, 7) is 5.06. The van der Waals surface area contributed by atoms with E-state index < -0.39 is 0 Å². The fourth-order valence-corrected chi connectivity index (χ4v) is 3.21. The number of halogens is 1. The SMILES string of the molecule is Cc1nc(Cl)c(N2CC3CCC2C3)nc1C. The number of aryl methyl sites for hydroxylation is 2. The van der Waals surface area contributed by atoms with E-state index in [1.54, 1.807) is 0 Å². The second kappa shape index (κ2) is 3.59. The third-order valence-corrected chi connectivity index (χ3v) is 4.18. The number of nitrogens with zero attached hydrogens (tertiary/aromatic N) is 3. The highest BCUT2D eigenvalue weighted by Gasteiger charge is 2.39. The van der Waals surface area contributed by atoms with Crippen LogP contribution >= 0.6 is 11.6 Å². The molecule has 3 nitrogen and oxygen atoms in total. The summed E-state index contributed by atoms with van der Waals surface area (Å²) in [5.74, 6) is 1.75. The zero-order chi connectivity index (χ0) is 11.3. The Balaban J connectivity index is 1.98. The van der Waals surface area contributed by atoms with E-state index in [0.717, 1.165) is 29.7 Å². The van der Waals surface area contributed by atoms with Crippen LogP contribution in [0, 0.1) is 19.8 Å². The van der Waals surface area contributed by atoms with E-state index >= 15 is 0 Å². The van der Waals surface area contributed by atoms with Crippen LogP contribution in [-0.2, 0) is 0 Å². The molecule has 1 aromatic rings. The van der Waals surface area contributed by atoms with Crippen molar-refractivity contribution in [2.75, 3.05) is 11.4 Å². The fraction of sp³-hybridized carbons (Fsp3) is 0.667. The van der Waals surface area contributed by atoms with Gasteiger partial charge in [0.2, 0.25) is 0 Å². The number of aromatic nitrogens is 2. The Morgan fingerprint density at radius 2 is 1.94 bits per heavy atom. The molecule has 0 N–H and O–H groups in total. The third-order valence-electron chi connectivity index (χ3n) is 3.93.